The van der Waals surface area contributed by atoms with Crippen molar-refractivity contribution in [3.8, 4) is 0 Å². The SMILES string of the molecule is C/C(=N/NC(=O)c1cnccn1)c1ccco1. The fourth-order valence-corrected chi connectivity index (χ4v) is 1.15. The summed E-state index contributed by atoms with van der Waals surface area (Å²) in [7, 11) is 0. The van der Waals surface area contributed by atoms with E-state index >= 15 is 0 Å². The minimum atomic E-state index is -0.413. The third-order valence-corrected chi connectivity index (χ3v) is 2.00. The van der Waals surface area contributed by atoms with E-state index in [0.717, 1.165) is 0 Å². The average molecular weight is 230 g/mol. The molecule has 0 atom stereocenters. The summed E-state index contributed by atoms with van der Waals surface area (Å²) in [5.74, 6) is 0.188. The van der Waals surface area contributed by atoms with Crippen LogP contribution >= 0.6 is 0 Å². The van der Waals surface area contributed by atoms with Crippen molar-refractivity contribution in [2.75, 3.05) is 0 Å². The Balaban J connectivity index is 2.04. The molecule has 2 aromatic heterocycles. The Labute approximate surface area is 97.4 Å². The van der Waals surface area contributed by atoms with Crippen molar-refractivity contribution in [3.05, 3.63) is 48.4 Å². The highest BCUT2D eigenvalue weighted by Gasteiger charge is 2.06. The minimum absolute atomic E-state index is 0.212. The molecule has 1 N–H and O–H groups in total. The Bertz CT molecular complexity index is 520. The van der Waals surface area contributed by atoms with Crippen LogP contribution in [0.4, 0.5) is 0 Å². The Hall–Kier alpha value is -2.50. The average Bonchev–Trinajstić information content (AvgIpc) is 2.90. The number of rotatable bonds is 3. The first-order valence-corrected chi connectivity index (χ1v) is 4.92. The number of carbonyl (C=O) groups excluding carboxylic acids is 1. The van der Waals surface area contributed by atoms with Gasteiger partial charge < -0.3 is 4.42 Å². The molecule has 0 radical (unpaired) electrons. The van der Waals surface area contributed by atoms with Gasteiger partial charge >= 0.3 is 0 Å². The molecule has 2 heterocycles. The number of hydrogen-bond acceptors (Lipinski definition) is 5. The second kappa shape index (κ2) is 5.02. The quantitative estimate of drug-likeness (QED) is 0.635. The molecule has 0 spiro atoms. The molecular formula is C11H10N4O2. The van der Waals surface area contributed by atoms with Crippen LogP contribution in [0.1, 0.15) is 23.2 Å². The first-order chi connectivity index (χ1) is 8.27. The van der Waals surface area contributed by atoms with Crippen molar-refractivity contribution < 1.29 is 9.21 Å². The molecule has 0 aliphatic rings. The maximum atomic E-state index is 11.6. The third-order valence-electron chi connectivity index (χ3n) is 2.00. The maximum absolute atomic E-state index is 11.6. The van der Waals surface area contributed by atoms with Crippen molar-refractivity contribution in [2.45, 2.75) is 6.92 Å². The molecule has 6 nitrogen and oxygen atoms in total. The van der Waals surface area contributed by atoms with Gasteiger partial charge in [-0.25, -0.2) is 10.4 Å². The highest BCUT2D eigenvalue weighted by Crippen LogP contribution is 2.01. The van der Waals surface area contributed by atoms with Gasteiger partial charge in [0.2, 0.25) is 0 Å². The molecule has 2 aromatic rings. The predicted molar refractivity (Wildman–Crippen MR) is 60.4 cm³/mol. The molecule has 0 unspecified atom stereocenters. The molecule has 0 fully saturated rings. The molecule has 0 saturated carbocycles. The first-order valence-electron chi connectivity index (χ1n) is 4.92. The van der Waals surface area contributed by atoms with Gasteiger partial charge in [0.15, 0.2) is 0 Å². The number of carbonyl (C=O) groups is 1. The monoisotopic (exact) mass is 230 g/mol. The lowest BCUT2D eigenvalue weighted by molar-refractivity contribution is 0.0949. The largest absolute Gasteiger partial charge is 0.463 e. The Morgan fingerprint density at radius 3 is 3.00 bits per heavy atom. The van der Waals surface area contributed by atoms with E-state index in [0.29, 0.717) is 11.5 Å². The molecule has 0 bridgehead atoms. The summed E-state index contributed by atoms with van der Waals surface area (Å²) in [4.78, 5) is 19.2. The normalized spacial score (nSPS) is 11.2. The van der Waals surface area contributed by atoms with Gasteiger partial charge in [0, 0.05) is 12.4 Å². The van der Waals surface area contributed by atoms with Crippen LogP contribution in [-0.4, -0.2) is 21.6 Å². The van der Waals surface area contributed by atoms with Crippen LogP contribution in [0.2, 0.25) is 0 Å². The van der Waals surface area contributed by atoms with Gasteiger partial charge in [-0.15, -0.1) is 0 Å². The zero-order valence-corrected chi connectivity index (χ0v) is 9.12. The minimum Gasteiger partial charge on any atom is -0.463 e. The van der Waals surface area contributed by atoms with Crippen LogP contribution in [-0.2, 0) is 0 Å². The number of nitrogens with zero attached hydrogens (tertiary/aromatic N) is 3. The molecule has 86 valence electrons. The number of aromatic nitrogens is 2. The Morgan fingerprint density at radius 1 is 1.47 bits per heavy atom. The fraction of sp³-hybridized carbons (Fsp3) is 0.0909. The molecule has 2 rings (SSSR count). The van der Waals surface area contributed by atoms with Crippen LogP contribution in [0.15, 0.2) is 46.5 Å². The lowest BCUT2D eigenvalue weighted by Crippen LogP contribution is -2.20. The number of furan rings is 1. The van der Waals surface area contributed by atoms with Crippen molar-refractivity contribution >= 4 is 11.6 Å². The van der Waals surface area contributed by atoms with Gasteiger partial charge in [-0.1, -0.05) is 0 Å². The van der Waals surface area contributed by atoms with Crippen LogP contribution in [0, 0.1) is 0 Å². The number of amides is 1. The van der Waals surface area contributed by atoms with E-state index in [-0.39, 0.29) is 5.69 Å². The van der Waals surface area contributed by atoms with Gasteiger partial charge in [-0.05, 0) is 19.1 Å². The summed E-state index contributed by atoms with van der Waals surface area (Å²) < 4.78 is 5.12. The molecule has 6 heteroatoms. The second-order valence-corrected chi connectivity index (χ2v) is 3.21. The molecule has 0 aliphatic heterocycles. The molecule has 0 aliphatic carbocycles. The second-order valence-electron chi connectivity index (χ2n) is 3.21. The third kappa shape index (κ3) is 2.75. The predicted octanol–water partition coefficient (Wildman–Crippen LogP) is 1.22. The highest BCUT2D eigenvalue weighted by atomic mass is 16.3. The van der Waals surface area contributed by atoms with Gasteiger partial charge in [0.05, 0.1) is 12.5 Å². The molecule has 0 aromatic carbocycles. The van der Waals surface area contributed by atoms with E-state index in [2.05, 4.69) is 20.5 Å². The first kappa shape index (κ1) is 11.0. The van der Waals surface area contributed by atoms with Crippen molar-refractivity contribution in [2.24, 2.45) is 5.10 Å². The lowest BCUT2D eigenvalue weighted by Gasteiger charge is -1.99. The summed E-state index contributed by atoms with van der Waals surface area (Å²) in [6.07, 6.45) is 5.85. The summed E-state index contributed by atoms with van der Waals surface area (Å²) in [5.41, 5.74) is 3.16. The van der Waals surface area contributed by atoms with Crippen LogP contribution in [0.25, 0.3) is 0 Å². The van der Waals surface area contributed by atoms with Crippen LogP contribution < -0.4 is 5.43 Å². The number of nitrogens with one attached hydrogen (secondary N) is 1. The number of hydrazone groups is 1. The fourth-order valence-electron chi connectivity index (χ4n) is 1.15. The Kier molecular flexibility index (Phi) is 3.25. The Morgan fingerprint density at radius 2 is 2.35 bits per heavy atom. The van der Waals surface area contributed by atoms with E-state index in [9.17, 15) is 4.79 Å². The molecular weight excluding hydrogens is 220 g/mol. The number of hydrogen-bond donors (Lipinski definition) is 1. The standard InChI is InChI=1S/C11H10N4O2/c1-8(10-3-2-6-17-10)14-15-11(16)9-7-12-4-5-13-9/h2-7H,1H3,(H,15,16)/b14-8-. The highest BCUT2D eigenvalue weighted by molar-refractivity contribution is 5.98. The topological polar surface area (TPSA) is 80.4 Å². The van der Waals surface area contributed by atoms with Crippen LogP contribution in [0.3, 0.4) is 0 Å². The van der Waals surface area contributed by atoms with Gasteiger partial charge in [-0.2, -0.15) is 5.10 Å². The summed E-state index contributed by atoms with van der Waals surface area (Å²) in [6, 6.07) is 3.51. The van der Waals surface area contributed by atoms with E-state index in [1.807, 2.05) is 0 Å². The lowest BCUT2D eigenvalue weighted by atomic mass is 10.3. The smallest absolute Gasteiger partial charge is 0.291 e. The van der Waals surface area contributed by atoms with Gasteiger partial charge in [0.25, 0.3) is 5.91 Å². The van der Waals surface area contributed by atoms with Gasteiger partial charge in [0.1, 0.15) is 17.2 Å². The summed E-state index contributed by atoms with van der Waals surface area (Å²) >= 11 is 0. The van der Waals surface area contributed by atoms with E-state index in [4.69, 9.17) is 4.42 Å². The van der Waals surface area contributed by atoms with Crippen molar-refractivity contribution in [1.29, 1.82) is 0 Å². The van der Waals surface area contributed by atoms with E-state index in [1.54, 1.807) is 25.3 Å². The molecule has 1 amide bonds. The van der Waals surface area contributed by atoms with Crippen molar-refractivity contribution in [1.82, 2.24) is 15.4 Å². The summed E-state index contributed by atoms with van der Waals surface area (Å²) in [6.45, 7) is 1.73. The van der Waals surface area contributed by atoms with Crippen LogP contribution in [0.5, 0.6) is 0 Å². The van der Waals surface area contributed by atoms with Gasteiger partial charge in [-0.3, -0.25) is 9.78 Å². The molecule has 17 heavy (non-hydrogen) atoms. The van der Waals surface area contributed by atoms with Crippen molar-refractivity contribution in [3.63, 3.8) is 0 Å². The molecule has 0 saturated heterocycles. The summed E-state index contributed by atoms with van der Waals surface area (Å²) in [5, 5.41) is 3.90. The van der Waals surface area contributed by atoms with E-state index < -0.39 is 5.91 Å². The van der Waals surface area contributed by atoms with E-state index in [1.165, 1.54) is 18.6 Å². The zero-order valence-electron chi connectivity index (χ0n) is 9.12. The maximum Gasteiger partial charge on any atom is 0.291 e. The zero-order chi connectivity index (χ0) is 12.1.